The van der Waals surface area contributed by atoms with Crippen LogP contribution in [0, 0.1) is 10.1 Å². The van der Waals surface area contributed by atoms with Crippen LogP contribution in [-0.2, 0) is 11.2 Å². The van der Waals surface area contributed by atoms with E-state index in [4.69, 9.17) is 19.7 Å². The first-order valence-corrected chi connectivity index (χ1v) is 9.03. The molecule has 168 valence electrons. The molecule has 8 nitrogen and oxygen atoms in total. The van der Waals surface area contributed by atoms with Crippen LogP contribution in [0.3, 0.4) is 0 Å². The first-order chi connectivity index (χ1) is 13.7. The molecule has 0 aromatic heterocycles. The molecule has 12 heteroatoms. The largest absolute Gasteiger partial charge is 0.490 e. The summed E-state index contributed by atoms with van der Waals surface area (Å²) in [7, 11) is 0. The minimum Gasteiger partial charge on any atom is -0.487 e. The second-order valence-corrected chi connectivity index (χ2v) is 7.84. The van der Waals surface area contributed by atoms with Gasteiger partial charge in [0.15, 0.2) is 0 Å². The van der Waals surface area contributed by atoms with Gasteiger partial charge in [0.2, 0.25) is 0 Å². The number of hydrogen-bond donors (Lipinski definition) is 2. The van der Waals surface area contributed by atoms with Crippen molar-refractivity contribution < 1.29 is 42.2 Å². The number of fused-ring (bicyclic) bond motifs is 1. The third kappa shape index (κ3) is 5.49. The number of aliphatic carboxylic acids is 1. The number of anilines is 1. The average Bonchev–Trinajstić information content (AvgIpc) is 2.93. The van der Waals surface area contributed by atoms with E-state index in [0.29, 0.717) is 30.9 Å². The fourth-order valence-corrected chi connectivity index (χ4v) is 3.33. The summed E-state index contributed by atoms with van der Waals surface area (Å²) in [6, 6.07) is 3.27. The molecule has 1 saturated heterocycles. The van der Waals surface area contributed by atoms with E-state index in [1.807, 2.05) is 13.8 Å². The number of piperidine rings is 1. The highest BCUT2D eigenvalue weighted by Crippen LogP contribution is 2.43. The van der Waals surface area contributed by atoms with Crippen LogP contribution in [0.25, 0.3) is 0 Å². The molecule has 0 unspecified atom stereocenters. The van der Waals surface area contributed by atoms with Crippen molar-refractivity contribution in [3.63, 3.8) is 0 Å². The standard InChI is InChI=1S/C16H21FN2O4.C2HF3O2/c1-15(2)9-11-7-13(19(21)22)12(8-14(11)23-15)18-5-3-16(17,10-20)4-6-18;3-2(4,5)1(6)7/h7-8,20H,3-6,9-10H2,1-2H3;(H,6,7). The molecule has 30 heavy (non-hydrogen) atoms. The zero-order valence-electron chi connectivity index (χ0n) is 16.3. The van der Waals surface area contributed by atoms with Crippen molar-refractivity contribution in [2.24, 2.45) is 0 Å². The van der Waals surface area contributed by atoms with Crippen LogP contribution >= 0.6 is 0 Å². The molecule has 0 atom stereocenters. The molecule has 2 heterocycles. The van der Waals surface area contributed by atoms with Gasteiger partial charge in [-0.1, -0.05) is 0 Å². The van der Waals surface area contributed by atoms with Crippen molar-refractivity contribution in [3.8, 4) is 5.75 Å². The predicted molar refractivity (Wildman–Crippen MR) is 97.6 cm³/mol. The van der Waals surface area contributed by atoms with Crippen molar-refractivity contribution in [3.05, 3.63) is 27.8 Å². The molecular formula is C18H22F4N2O6. The second kappa shape index (κ2) is 8.25. The lowest BCUT2D eigenvalue weighted by Crippen LogP contribution is -2.44. The zero-order valence-corrected chi connectivity index (χ0v) is 16.3. The molecule has 1 aromatic carbocycles. The summed E-state index contributed by atoms with van der Waals surface area (Å²) in [6.07, 6.45) is -4.14. The Morgan fingerprint density at radius 2 is 1.83 bits per heavy atom. The van der Waals surface area contributed by atoms with Crippen LogP contribution in [0.2, 0.25) is 0 Å². The molecule has 0 radical (unpaired) electrons. The van der Waals surface area contributed by atoms with Gasteiger partial charge in [-0.05, 0) is 13.8 Å². The number of halogens is 4. The summed E-state index contributed by atoms with van der Waals surface area (Å²) in [5.41, 5.74) is -0.633. The molecule has 0 saturated carbocycles. The van der Waals surface area contributed by atoms with E-state index in [2.05, 4.69) is 0 Å². The van der Waals surface area contributed by atoms with E-state index in [0.717, 1.165) is 5.56 Å². The number of rotatable bonds is 3. The lowest BCUT2D eigenvalue weighted by atomic mass is 9.93. The van der Waals surface area contributed by atoms with Gasteiger partial charge >= 0.3 is 12.1 Å². The molecule has 2 aliphatic rings. The van der Waals surface area contributed by atoms with Crippen molar-refractivity contribution in [2.75, 3.05) is 24.6 Å². The van der Waals surface area contributed by atoms with Crippen molar-refractivity contribution in [1.82, 2.24) is 0 Å². The van der Waals surface area contributed by atoms with Gasteiger partial charge in [0.1, 0.15) is 22.7 Å². The molecule has 2 N–H and O–H groups in total. The monoisotopic (exact) mass is 438 g/mol. The number of benzene rings is 1. The van der Waals surface area contributed by atoms with Crippen molar-refractivity contribution >= 4 is 17.3 Å². The number of carboxylic acids is 1. The Hall–Kier alpha value is -2.63. The van der Waals surface area contributed by atoms with E-state index >= 15 is 0 Å². The molecule has 0 amide bonds. The van der Waals surface area contributed by atoms with Gasteiger partial charge in [0.05, 0.1) is 11.5 Å². The number of carboxylic acid groups (broad SMARTS) is 1. The Labute approximate surface area is 169 Å². The summed E-state index contributed by atoms with van der Waals surface area (Å²) in [6.45, 7) is 4.04. The Balaban J connectivity index is 0.000000396. The van der Waals surface area contributed by atoms with Crippen molar-refractivity contribution in [2.45, 2.75) is 50.6 Å². The maximum Gasteiger partial charge on any atom is 0.490 e. The van der Waals surface area contributed by atoms with Crippen LogP contribution in [-0.4, -0.2) is 58.2 Å². The molecule has 1 fully saturated rings. The zero-order chi connectivity index (χ0) is 22.9. The first kappa shape index (κ1) is 23.6. The van der Waals surface area contributed by atoms with Gasteiger partial charge in [0, 0.05) is 50.0 Å². The predicted octanol–water partition coefficient (Wildman–Crippen LogP) is 3.24. The van der Waals surface area contributed by atoms with Crippen LogP contribution in [0.5, 0.6) is 5.75 Å². The molecule has 0 bridgehead atoms. The molecule has 1 aromatic rings. The molecular weight excluding hydrogens is 416 g/mol. The molecule has 3 rings (SSSR count). The van der Waals surface area contributed by atoms with Gasteiger partial charge in [-0.15, -0.1) is 0 Å². The third-order valence-corrected chi connectivity index (χ3v) is 4.88. The van der Waals surface area contributed by atoms with Crippen LogP contribution < -0.4 is 9.64 Å². The van der Waals surface area contributed by atoms with Gasteiger partial charge in [0.25, 0.3) is 5.69 Å². The normalized spacial score (nSPS) is 19.2. The quantitative estimate of drug-likeness (QED) is 0.423. The molecule has 0 spiro atoms. The Morgan fingerprint density at radius 3 is 2.27 bits per heavy atom. The highest BCUT2D eigenvalue weighted by molar-refractivity contribution is 5.73. The fourth-order valence-electron chi connectivity index (χ4n) is 3.33. The number of nitro benzene ring substituents is 1. The minimum absolute atomic E-state index is 0.0282. The summed E-state index contributed by atoms with van der Waals surface area (Å²) in [4.78, 5) is 21.7. The molecule has 2 aliphatic heterocycles. The summed E-state index contributed by atoms with van der Waals surface area (Å²) in [5.74, 6) is -2.10. The maximum atomic E-state index is 14.1. The number of aliphatic hydroxyl groups is 1. The van der Waals surface area contributed by atoms with E-state index < -0.39 is 29.3 Å². The smallest absolute Gasteiger partial charge is 0.487 e. The number of nitrogens with zero attached hydrogens (tertiary/aromatic N) is 2. The number of hydrogen-bond acceptors (Lipinski definition) is 6. The van der Waals surface area contributed by atoms with Crippen LogP contribution in [0.15, 0.2) is 12.1 Å². The van der Waals surface area contributed by atoms with E-state index in [-0.39, 0.29) is 24.1 Å². The minimum atomic E-state index is -5.08. The SMILES string of the molecule is CC1(C)Cc2cc([N+](=O)[O-])c(N3CCC(F)(CO)CC3)cc2O1.O=C(O)C(F)(F)F. The summed E-state index contributed by atoms with van der Waals surface area (Å²) >= 11 is 0. The lowest BCUT2D eigenvalue weighted by molar-refractivity contribution is -0.384. The number of alkyl halides is 4. The topological polar surface area (TPSA) is 113 Å². The van der Waals surface area contributed by atoms with E-state index in [1.165, 1.54) is 0 Å². The summed E-state index contributed by atoms with van der Waals surface area (Å²) < 4.78 is 51.7. The number of ether oxygens (including phenoxy) is 1. The lowest BCUT2D eigenvalue weighted by Gasteiger charge is -2.36. The third-order valence-electron chi connectivity index (χ3n) is 4.88. The number of aliphatic hydroxyl groups excluding tert-OH is 1. The average molecular weight is 438 g/mol. The van der Waals surface area contributed by atoms with Gasteiger partial charge < -0.3 is 19.8 Å². The first-order valence-electron chi connectivity index (χ1n) is 9.03. The Kier molecular flexibility index (Phi) is 6.50. The van der Waals surface area contributed by atoms with Gasteiger partial charge in [-0.3, -0.25) is 10.1 Å². The summed E-state index contributed by atoms with van der Waals surface area (Å²) in [5, 5.41) is 27.7. The fraction of sp³-hybridized carbons (Fsp3) is 0.611. The van der Waals surface area contributed by atoms with Crippen LogP contribution in [0.1, 0.15) is 32.3 Å². The Morgan fingerprint density at radius 1 is 1.30 bits per heavy atom. The van der Waals surface area contributed by atoms with Crippen molar-refractivity contribution in [1.29, 1.82) is 0 Å². The second-order valence-electron chi connectivity index (χ2n) is 7.84. The van der Waals surface area contributed by atoms with E-state index in [1.54, 1.807) is 17.0 Å². The number of nitro groups is 1. The van der Waals surface area contributed by atoms with E-state index in [9.17, 15) is 27.7 Å². The highest BCUT2D eigenvalue weighted by atomic mass is 19.4. The Bertz CT molecular complexity index is 820. The molecule has 0 aliphatic carbocycles. The van der Waals surface area contributed by atoms with Gasteiger partial charge in [-0.25, -0.2) is 9.18 Å². The highest BCUT2D eigenvalue weighted by Gasteiger charge is 2.39. The van der Waals surface area contributed by atoms with Gasteiger partial charge in [-0.2, -0.15) is 13.2 Å². The maximum absolute atomic E-state index is 14.1. The number of carbonyl (C=O) groups is 1. The van der Waals surface area contributed by atoms with Crippen LogP contribution in [0.4, 0.5) is 28.9 Å².